The predicted octanol–water partition coefficient (Wildman–Crippen LogP) is 8.89. The third-order valence-electron chi connectivity index (χ3n) is 7.37. The van der Waals surface area contributed by atoms with E-state index in [1.807, 2.05) is 24.3 Å². The lowest BCUT2D eigenvalue weighted by Crippen LogP contribution is -2.21. The van der Waals surface area contributed by atoms with Gasteiger partial charge in [-0.25, -0.2) is 18.0 Å². The standard InChI is InChI=1S/C33H24ClN3O5S2.C2HF3O2/c1-18-27-16-22(34)9-13-30(27)43-33(18)44(40,41)37-23-10-12-29(28(17-23)25-4-2-3-5-26(25)32(38)39)42-24-11-8-19-14-21(31(35)36)7-6-20(19)15-24;3-2(4,5)1(6)7/h2-17,37H,1H3,(H3,35,36)(H,38,39);(H,6,7). The van der Waals surface area contributed by atoms with Crippen LogP contribution >= 0.6 is 22.9 Å². The van der Waals surface area contributed by atoms with Gasteiger partial charge in [-0.2, -0.15) is 13.2 Å². The molecule has 51 heavy (non-hydrogen) atoms. The Balaban J connectivity index is 0.000000654. The number of halogens is 4. The molecule has 0 atom stereocenters. The molecule has 0 radical (unpaired) electrons. The van der Waals surface area contributed by atoms with E-state index in [4.69, 9.17) is 37.4 Å². The number of nitrogen functional groups attached to an aromatic ring is 1. The Morgan fingerprint density at radius 2 is 1.57 bits per heavy atom. The van der Waals surface area contributed by atoms with Gasteiger partial charge in [-0.15, -0.1) is 11.3 Å². The maximum atomic E-state index is 13.6. The third-order valence-corrected chi connectivity index (χ3v) is 10.9. The number of ether oxygens (including phenoxy) is 1. The SMILES string of the molecule is Cc1c(S(=O)(=O)Nc2ccc(Oc3ccc4cc(C(=N)N)ccc4c3)c(-c3ccccc3C(=O)O)c2)sc2ccc(Cl)cc12.O=C(O)C(F)(F)F. The van der Waals surface area contributed by atoms with E-state index in [1.54, 1.807) is 73.7 Å². The topological polar surface area (TPSA) is 180 Å². The lowest BCUT2D eigenvalue weighted by molar-refractivity contribution is -0.192. The lowest BCUT2D eigenvalue weighted by atomic mass is 9.98. The van der Waals surface area contributed by atoms with E-state index in [-0.39, 0.29) is 21.3 Å². The second-order valence-electron chi connectivity index (χ2n) is 10.9. The van der Waals surface area contributed by atoms with Gasteiger partial charge in [0.15, 0.2) is 0 Å². The summed E-state index contributed by atoms with van der Waals surface area (Å²) in [6.45, 7) is 1.74. The fourth-order valence-corrected chi connectivity index (χ4v) is 7.98. The molecule has 0 spiro atoms. The number of carboxylic acid groups (broad SMARTS) is 2. The highest BCUT2D eigenvalue weighted by atomic mass is 35.5. The molecule has 5 aromatic carbocycles. The molecule has 0 aliphatic carbocycles. The minimum atomic E-state index is -5.08. The zero-order chi connectivity index (χ0) is 37.2. The predicted molar refractivity (Wildman–Crippen MR) is 190 cm³/mol. The normalized spacial score (nSPS) is 11.5. The molecule has 1 aromatic heterocycles. The number of amidine groups is 1. The number of nitrogens with two attached hydrogens (primary N) is 1. The van der Waals surface area contributed by atoms with Gasteiger partial charge in [-0.1, -0.05) is 48.0 Å². The van der Waals surface area contributed by atoms with Crippen molar-refractivity contribution < 1.29 is 46.1 Å². The van der Waals surface area contributed by atoms with Crippen molar-refractivity contribution in [3.63, 3.8) is 0 Å². The summed E-state index contributed by atoms with van der Waals surface area (Å²) in [5, 5.41) is 27.7. The molecule has 0 fully saturated rings. The first-order valence-electron chi connectivity index (χ1n) is 14.5. The number of aromatic carboxylic acids is 1. The molecule has 0 unspecified atom stereocenters. The van der Waals surface area contributed by atoms with Gasteiger partial charge in [-0.3, -0.25) is 10.1 Å². The fourth-order valence-electron chi connectivity index (χ4n) is 5.01. The molecular formula is C35H25ClF3N3O7S2. The molecule has 6 rings (SSSR count). The number of nitrogens with one attached hydrogen (secondary N) is 2. The molecule has 1 heterocycles. The molecule has 0 aliphatic rings. The van der Waals surface area contributed by atoms with Gasteiger partial charge in [0.05, 0.1) is 5.56 Å². The Hall–Kier alpha value is -5.64. The number of hydrogen-bond acceptors (Lipinski definition) is 7. The van der Waals surface area contributed by atoms with Crippen molar-refractivity contribution in [3.05, 3.63) is 119 Å². The summed E-state index contributed by atoms with van der Waals surface area (Å²) in [4.78, 5) is 21.0. The van der Waals surface area contributed by atoms with Crippen molar-refractivity contribution in [2.45, 2.75) is 17.3 Å². The molecule has 0 saturated carbocycles. The fraction of sp³-hybridized carbons (Fsp3) is 0.0571. The Morgan fingerprint density at radius 3 is 2.24 bits per heavy atom. The summed E-state index contributed by atoms with van der Waals surface area (Å²) in [6, 6.07) is 27.2. The first kappa shape index (κ1) is 36.6. The van der Waals surface area contributed by atoms with Crippen LogP contribution in [0.2, 0.25) is 5.02 Å². The van der Waals surface area contributed by atoms with Crippen LogP contribution in [0.5, 0.6) is 11.5 Å². The summed E-state index contributed by atoms with van der Waals surface area (Å²) in [5.74, 6) is -3.11. The van der Waals surface area contributed by atoms with Crippen LogP contribution in [-0.2, 0) is 14.8 Å². The van der Waals surface area contributed by atoms with Crippen LogP contribution in [0.1, 0.15) is 21.5 Å². The molecular weight excluding hydrogens is 731 g/mol. The average molecular weight is 756 g/mol. The molecule has 0 bridgehead atoms. The summed E-state index contributed by atoms with van der Waals surface area (Å²) in [5.41, 5.74) is 7.82. The smallest absolute Gasteiger partial charge is 0.478 e. The molecule has 262 valence electrons. The first-order valence-corrected chi connectivity index (χ1v) is 17.2. The van der Waals surface area contributed by atoms with Crippen LogP contribution in [-0.4, -0.2) is 42.6 Å². The van der Waals surface area contributed by atoms with Gasteiger partial charge < -0.3 is 20.7 Å². The number of anilines is 1. The molecule has 6 aromatic rings. The quantitative estimate of drug-likeness (QED) is 0.0755. The van der Waals surface area contributed by atoms with Crippen LogP contribution in [0.4, 0.5) is 18.9 Å². The zero-order valence-corrected chi connectivity index (χ0v) is 28.5. The Kier molecular flexibility index (Phi) is 10.3. The van der Waals surface area contributed by atoms with E-state index in [0.717, 1.165) is 32.2 Å². The Labute approximate surface area is 297 Å². The van der Waals surface area contributed by atoms with Gasteiger partial charge >= 0.3 is 18.1 Å². The largest absolute Gasteiger partial charge is 0.490 e. The highest BCUT2D eigenvalue weighted by molar-refractivity contribution is 7.94. The van der Waals surface area contributed by atoms with E-state index in [9.17, 15) is 31.5 Å². The van der Waals surface area contributed by atoms with Gasteiger partial charge in [0, 0.05) is 26.5 Å². The zero-order valence-electron chi connectivity index (χ0n) is 26.1. The minimum Gasteiger partial charge on any atom is -0.478 e. The van der Waals surface area contributed by atoms with E-state index < -0.39 is 28.1 Å². The summed E-state index contributed by atoms with van der Waals surface area (Å²) in [6.07, 6.45) is -5.08. The van der Waals surface area contributed by atoms with Gasteiger partial charge in [-0.05, 0) is 94.9 Å². The van der Waals surface area contributed by atoms with Crippen molar-refractivity contribution in [2.75, 3.05) is 4.72 Å². The number of carboxylic acids is 2. The first-order chi connectivity index (χ1) is 23.9. The van der Waals surface area contributed by atoms with Crippen molar-refractivity contribution >= 4 is 77.3 Å². The number of sulfonamides is 1. The second-order valence-corrected chi connectivity index (χ2v) is 14.2. The molecule has 0 aliphatic heterocycles. The molecule has 16 heteroatoms. The van der Waals surface area contributed by atoms with Gasteiger partial charge in [0.25, 0.3) is 10.0 Å². The van der Waals surface area contributed by atoms with E-state index >= 15 is 0 Å². The van der Waals surface area contributed by atoms with E-state index in [2.05, 4.69) is 4.72 Å². The number of aryl methyl sites for hydroxylation is 1. The lowest BCUT2D eigenvalue weighted by Gasteiger charge is -2.16. The molecule has 6 N–H and O–H groups in total. The van der Waals surface area contributed by atoms with Crippen LogP contribution in [0.15, 0.2) is 101 Å². The van der Waals surface area contributed by atoms with Crippen LogP contribution in [0, 0.1) is 12.3 Å². The van der Waals surface area contributed by atoms with E-state index in [1.165, 1.54) is 6.07 Å². The molecule has 0 saturated heterocycles. The highest BCUT2D eigenvalue weighted by Crippen LogP contribution is 2.40. The number of aliphatic carboxylic acids is 1. The van der Waals surface area contributed by atoms with Crippen LogP contribution in [0.25, 0.3) is 32.0 Å². The number of benzene rings is 5. The number of thiophene rings is 1. The number of alkyl halides is 3. The second kappa shape index (κ2) is 14.3. The maximum absolute atomic E-state index is 13.6. The monoisotopic (exact) mass is 755 g/mol. The number of rotatable bonds is 8. The van der Waals surface area contributed by atoms with Crippen molar-refractivity contribution in [1.82, 2.24) is 0 Å². The Bertz CT molecular complexity index is 2470. The summed E-state index contributed by atoms with van der Waals surface area (Å²) < 4.78 is 68.8. The summed E-state index contributed by atoms with van der Waals surface area (Å²) >= 11 is 7.29. The minimum absolute atomic E-state index is 0.0309. The van der Waals surface area contributed by atoms with Crippen molar-refractivity contribution in [3.8, 4) is 22.6 Å². The van der Waals surface area contributed by atoms with Crippen LogP contribution < -0.4 is 15.2 Å². The number of carbonyl (C=O) groups is 2. The number of fused-ring (bicyclic) bond motifs is 2. The van der Waals surface area contributed by atoms with Crippen LogP contribution in [0.3, 0.4) is 0 Å². The van der Waals surface area contributed by atoms with Gasteiger partial charge in [0.2, 0.25) is 0 Å². The van der Waals surface area contributed by atoms with Crippen molar-refractivity contribution in [1.29, 1.82) is 5.41 Å². The third kappa shape index (κ3) is 8.23. The molecule has 0 amide bonds. The average Bonchev–Trinajstić information content (AvgIpc) is 3.41. The van der Waals surface area contributed by atoms with Gasteiger partial charge in [0.1, 0.15) is 21.5 Å². The number of hydrogen-bond donors (Lipinski definition) is 5. The highest BCUT2D eigenvalue weighted by Gasteiger charge is 2.38. The molecule has 10 nitrogen and oxygen atoms in total. The summed E-state index contributed by atoms with van der Waals surface area (Å²) in [7, 11) is -4.01. The maximum Gasteiger partial charge on any atom is 0.490 e. The Morgan fingerprint density at radius 1 is 0.902 bits per heavy atom. The van der Waals surface area contributed by atoms with Crippen molar-refractivity contribution in [2.24, 2.45) is 5.73 Å². The van der Waals surface area contributed by atoms with E-state index in [0.29, 0.717) is 38.8 Å².